The normalized spacial score (nSPS) is 10.8. The minimum Gasteiger partial charge on any atom is -0.493 e. The largest absolute Gasteiger partial charge is 0.493 e. The van der Waals surface area contributed by atoms with E-state index in [1.807, 2.05) is 37.3 Å². The highest BCUT2D eigenvalue weighted by Gasteiger charge is 2.14. The van der Waals surface area contributed by atoms with E-state index in [0.717, 1.165) is 29.1 Å². The summed E-state index contributed by atoms with van der Waals surface area (Å²) in [6, 6.07) is 12.8. The zero-order valence-electron chi connectivity index (χ0n) is 16.3. The van der Waals surface area contributed by atoms with Crippen molar-refractivity contribution in [1.29, 1.82) is 0 Å². The number of aryl methyl sites for hydroxylation is 1. The summed E-state index contributed by atoms with van der Waals surface area (Å²) < 4.78 is 9.13. The number of ether oxygens (including phenoxy) is 1. The fourth-order valence-corrected chi connectivity index (χ4v) is 3.05. The summed E-state index contributed by atoms with van der Waals surface area (Å²) >= 11 is 0. The van der Waals surface area contributed by atoms with Crippen molar-refractivity contribution in [1.82, 2.24) is 24.5 Å². The summed E-state index contributed by atoms with van der Waals surface area (Å²) in [7, 11) is 0. The van der Waals surface area contributed by atoms with Gasteiger partial charge in [0.1, 0.15) is 5.75 Å². The number of hydrogen-bond acceptors (Lipinski definition) is 5. The Balaban J connectivity index is 1.75. The molecule has 0 N–H and O–H groups in total. The molecule has 3 aromatic heterocycles. The van der Waals surface area contributed by atoms with Crippen LogP contribution in [0.25, 0.3) is 22.8 Å². The van der Waals surface area contributed by atoms with Crippen molar-refractivity contribution in [2.45, 2.75) is 20.3 Å². The summed E-state index contributed by atoms with van der Waals surface area (Å²) in [4.78, 5) is 16.6. The van der Waals surface area contributed by atoms with Gasteiger partial charge in [0.15, 0.2) is 5.69 Å². The molecule has 7 heteroatoms. The maximum Gasteiger partial charge on any atom is 0.209 e. The first-order valence-corrected chi connectivity index (χ1v) is 9.46. The van der Waals surface area contributed by atoms with Crippen LogP contribution >= 0.6 is 0 Å². The van der Waals surface area contributed by atoms with E-state index in [2.05, 4.69) is 22.1 Å². The van der Waals surface area contributed by atoms with Crippen LogP contribution in [-0.2, 0) is 0 Å². The molecule has 4 aromatic rings. The van der Waals surface area contributed by atoms with Crippen LogP contribution in [0.2, 0.25) is 0 Å². The maximum atomic E-state index is 12.6. The highest BCUT2D eigenvalue weighted by atomic mass is 16.5. The van der Waals surface area contributed by atoms with Gasteiger partial charge in [0.05, 0.1) is 29.9 Å². The molecule has 0 spiro atoms. The van der Waals surface area contributed by atoms with Crippen molar-refractivity contribution in [3.63, 3.8) is 0 Å². The predicted molar refractivity (Wildman–Crippen MR) is 111 cm³/mol. The van der Waals surface area contributed by atoms with Gasteiger partial charge in [0.25, 0.3) is 0 Å². The lowest BCUT2D eigenvalue weighted by Gasteiger charge is -2.12. The molecule has 0 aliphatic heterocycles. The summed E-state index contributed by atoms with van der Waals surface area (Å²) in [5, 5.41) is 8.96. The van der Waals surface area contributed by atoms with Gasteiger partial charge in [0.2, 0.25) is 5.43 Å². The molecular weight excluding hydrogens is 366 g/mol. The van der Waals surface area contributed by atoms with Crippen LogP contribution in [0.1, 0.15) is 18.9 Å². The average Bonchev–Trinajstić information content (AvgIpc) is 3.23. The van der Waals surface area contributed by atoms with Gasteiger partial charge in [0, 0.05) is 24.7 Å². The minimum absolute atomic E-state index is 0.170. The van der Waals surface area contributed by atoms with E-state index in [-0.39, 0.29) is 5.43 Å². The molecule has 0 bridgehead atoms. The molecule has 4 rings (SSSR count). The number of nitrogens with zero attached hydrogens (tertiary/aromatic N) is 5. The van der Waals surface area contributed by atoms with Crippen molar-refractivity contribution >= 4 is 0 Å². The van der Waals surface area contributed by atoms with Gasteiger partial charge in [-0.2, -0.15) is 10.2 Å². The number of benzene rings is 1. The summed E-state index contributed by atoms with van der Waals surface area (Å²) in [5.74, 6) is 0.849. The van der Waals surface area contributed by atoms with E-state index in [9.17, 15) is 4.79 Å². The van der Waals surface area contributed by atoms with Gasteiger partial charge >= 0.3 is 0 Å². The molecule has 0 fully saturated rings. The van der Waals surface area contributed by atoms with E-state index >= 15 is 0 Å². The fourth-order valence-electron chi connectivity index (χ4n) is 3.05. The van der Waals surface area contributed by atoms with Gasteiger partial charge in [-0.15, -0.1) is 0 Å². The van der Waals surface area contributed by atoms with Gasteiger partial charge in [-0.25, -0.2) is 9.36 Å². The molecule has 0 unspecified atom stereocenters. The molecular formula is C22H21N5O2. The minimum atomic E-state index is -0.170. The Morgan fingerprint density at radius 3 is 2.59 bits per heavy atom. The highest BCUT2D eigenvalue weighted by Crippen LogP contribution is 2.24. The number of aromatic nitrogens is 5. The molecule has 0 radical (unpaired) electrons. The van der Waals surface area contributed by atoms with Crippen LogP contribution in [0.15, 0.2) is 72.0 Å². The Kier molecular flexibility index (Phi) is 5.20. The first-order valence-electron chi connectivity index (χ1n) is 9.46. The van der Waals surface area contributed by atoms with Gasteiger partial charge < -0.3 is 4.74 Å². The smallest absolute Gasteiger partial charge is 0.209 e. The number of pyridine rings is 1. The topological polar surface area (TPSA) is 74.8 Å². The maximum absolute atomic E-state index is 12.6. The molecule has 29 heavy (non-hydrogen) atoms. The Bertz CT molecular complexity index is 1180. The van der Waals surface area contributed by atoms with Crippen LogP contribution in [0, 0.1) is 6.92 Å². The Morgan fingerprint density at radius 1 is 1.00 bits per heavy atom. The van der Waals surface area contributed by atoms with Gasteiger partial charge in [-0.1, -0.05) is 6.92 Å². The third-order valence-corrected chi connectivity index (χ3v) is 4.49. The van der Waals surface area contributed by atoms with Gasteiger partial charge in [-0.3, -0.25) is 9.78 Å². The summed E-state index contributed by atoms with van der Waals surface area (Å²) in [6.07, 6.45) is 7.63. The van der Waals surface area contributed by atoms with E-state index in [1.165, 1.54) is 6.07 Å². The molecule has 0 aliphatic carbocycles. The molecule has 3 heterocycles. The number of rotatable bonds is 6. The second-order valence-electron chi connectivity index (χ2n) is 6.61. The lowest BCUT2D eigenvalue weighted by Crippen LogP contribution is -2.14. The Labute approximate surface area is 168 Å². The monoisotopic (exact) mass is 387 g/mol. The lowest BCUT2D eigenvalue weighted by atomic mass is 10.2. The second kappa shape index (κ2) is 8.10. The van der Waals surface area contributed by atoms with Crippen LogP contribution in [-0.4, -0.2) is 31.2 Å². The van der Waals surface area contributed by atoms with Crippen molar-refractivity contribution in [2.75, 3.05) is 6.61 Å². The predicted octanol–water partition coefficient (Wildman–Crippen LogP) is 3.58. The standard InChI is InChI=1S/C22H21N5O2/c1-3-14-29-21-5-4-18(15-16(21)2)27-19(8-12-24-27)22-20(28)9-13-26(25-22)17-6-10-23-11-7-17/h4-13,15H,3,14H2,1-2H3. The van der Waals surface area contributed by atoms with Crippen LogP contribution in [0.4, 0.5) is 0 Å². The zero-order chi connectivity index (χ0) is 20.2. The van der Waals surface area contributed by atoms with Crippen LogP contribution in [0.3, 0.4) is 0 Å². The van der Waals surface area contributed by atoms with E-state index in [0.29, 0.717) is 18.0 Å². The first kappa shape index (κ1) is 18.6. The SMILES string of the molecule is CCCOc1ccc(-n2nccc2-c2nn(-c3ccncc3)ccc2=O)cc1C. The third kappa shape index (κ3) is 3.80. The molecule has 7 nitrogen and oxygen atoms in total. The fraction of sp³-hybridized carbons (Fsp3) is 0.182. The van der Waals surface area contributed by atoms with Crippen LogP contribution in [0.5, 0.6) is 5.75 Å². The number of hydrogen-bond donors (Lipinski definition) is 0. The second-order valence-corrected chi connectivity index (χ2v) is 6.61. The van der Waals surface area contributed by atoms with Crippen molar-refractivity contribution < 1.29 is 4.74 Å². The molecule has 0 atom stereocenters. The van der Waals surface area contributed by atoms with E-state index < -0.39 is 0 Å². The third-order valence-electron chi connectivity index (χ3n) is 4.49. The zero-order valence-corrected chi connectivity index (χ0v) is 16.3. The van der Waals surface area contributed by atoms with Crippen LogP contribution < -0.4 is 10.2 Å². The van der Waals surface area contributed by atoms with Crippen molar-refractivity contribution in [2.24, 2.45) is 0 Å². The average molecular weight is 387 g/mol. The van der Waals surface area contributed by atoms with E-state index in [4.69, 9.17) is 4.74 Å². The summed E-state index contributed by atoms with van der Waals surface area (Å²) in [6.45, 7) is 4.75. The Hall–Kier alpha value is -3.74. The molecule has 146 valence electrons. The van der Waals surface area contributed by atoms with E-state index in [1.54, 1.807) is 40.2 Å². The lowest BCUT2D eigenvalue weighted by molar-refractivity contribution is 0.315. The quantitative estimate of drug-likeness (QED) is 0.506. The molecule has 1 aromatic carbocycles. The Morgan fingerprint density at radius 2 is 1.83 bits per heavy atom. The highest BCUT2D eigenvalue weighted by molar-refractivity contribution is 5.58. The van der Waals surface area contributed by atoms with Crippen molar-refractivity contribution in [3.8, 4) is 28.5 Å². The molecule has 0 saturated heterocycles. The molecule has 0 amide bonds. The van der Waals surface area contributed by atoms with Gasteiger partial charge in [-0.05, 0) is 55.3 Å². The first-order chi connectivity index (χ1) is 14.2. The van der Waals surface area contributed by atoms with Crippen molar-refractivity contribution in [3.05, 3.63) is 83.0 Å². The molecule has 0 saturated carbocycles. The molecule has 0 aliphatic rings. The summed E-state index contributed by atoms with van der Waals surface area (Å²) in [5.41, 5.74) is 3.45.